The van der Waals surface area contributed by atoms with Gasteiger partial charge in [-0.3, -0.25) is 14.6 Å². The molecule has 21 heavy (non-hydrogen) atoms. The monoisotopic (exact) mass is 285 g/mol. The number of likely N-dealkylation sites (N-methyl/N-ethyl adjacent to an activating group) is 1. The fourth-order valence-electron chi connectivity index (χ4n) is 3.23. The summed E-state index contributed by atoms with van der Waals surface area (Å²) in [6.07, 6.45) is 6.37. The van der Waals surface area contributed by atoms with Gasteiger partial charge in [0, 0.05) is 25.2 Å². The van der Waals surface area contributed by atoms with Crippen LogP contribution in [0.15, 0.2) is 31.0 Å². The van der Waals surface area contributed by atoms with Crippen LogP contribution in [0, 0.1) is 0 Å². The summed E-state index contributed by atoms with van der Waals surface area (Å²) in [7, 11) is 1.61. The van der Waals surface area contributed by atoms with Crippen LogP contribution in [0.5, 0.6) is 0 Å². The molecular formula is C16H19N3O2. The quantitative estimate of drug-likeness (QED) is 0.791. The molecule has 1 saturated carbocycles. The lowest BCUT2D eigenvalue weighted by Crippen LogP contribution is -2.45. The fraction of sp³-hybridized carbons (Fsp3) is 0.438. The van der Waals surface area contributed by atoms with Gasteiger partial charge in [0.1, 0.15) is 6.54 Å². The summed E-state index contributed by atoms with van der Waals surface area (Å²) in [4.78, 5) is 31.7. The zero-order chi connectivity index (χ0) is 15.0. The van der Waals surface area contributed by atoms with E-state index in [1.54, 1.807) is 18.1 Å². The number of carbonyl (C=O) groups is 2. The standard InChI is InChI=1S/C16H19N3O2/c1-3-13(20)18(2)10-14(21)19-11-16(7-5-8-16)15-12(19)6-4-9-17-15/h3-4,6,9H,1,5,7-8,10-11H2,2H3. The highest BCUT2D eigenvalue weighted by atomic mass is 16.2. The molecular weight excluding hydrogens is 266 g/mol. The average molecular weight is 285 g/mol. The molecule has 110 valence electrons. The summed E-state index contributed by atoms with van der Waals surface area (Å²) < 4.78 is 0. The van der Waals surface area contributed by atoms with E-state index in [-0.39, 0.29) is 23.8 Å². The minimum Gasteiger partial charge on any atom is -0.333 e. The summed E-state index contributed by atoms with van der Waals surface area (Å²) in [6.45, 7) is 4.20. The molecule has 2 amide bonds. The molecule has 1 aliphatic carbocycles. The highest BCUT2D eigenvalue weighted by Gasteiger charge is 2.49. The van der Waals surface area contributed by atoms with Crippen LogP contribution in [0.1, 0.15) is 25.0 Å². The Morgan fingerprint density at radius 3 is 2.90 bits per heavy atom. The van der Waals surface area contributed by atoms with Gasteiger partial charge in [-0.2, -0.15) is 0 Å². The molecule has 0 aromatic carbocycles. The lowest BCUT2D eigenvalue weighted by atomic mass is 9.67. The van der Waals surface area contributed by atoms with E-state index in [0.717, 1.165) is 24.2 Å². The average Bonchev–Trinajstić information content (AvgIpc) is 2.82. The number of anilines is 1. The molecule has 1 aliphatic heterocycles. The summed E-state index contributed by atoms with van der Waals surface area (Å²) in [5.74, 6) is -0.307. The van der Waals surface area contributed by atoms with E-state index in [1.165, 1.54) is 17.4 Å². The summed E-state index contributed by atoms with van der Waals surface area (Å²) in [6, 6.07) is 3.80. The predicted octanol–water partition coefficient (Wildman–Crippen LogP) is 1.49. The topological polar surface area (TPSA) is 53.5 Å². The first kappa shape index (κ1) is 13.8. The maximum Gasteiger partial charge on any atom is 0.246 e. The van der Waals surface area contributed by atoms with Gasteiger partial charge in [0.15, 0.2) is 0 Å². The number of pyridine rings is 1. The van der Waals surface area contributed by atoms with E-state index in [0.29, 0.717) is 6.54 Å². The number of rotatable bonds is 3. The van der Waals surface area contributed by atoms with Gasteiger partial charge in [-0.1, -0.05) is 13.0 Å². The Hall–Kier alpha value is -2.17. The smallest absolute Gasteiger partial charge is 0.246 e. The third-order valence-electron chi connectivity index (χ3n) is 4.58. The van der Waals surface area contributed by atoms with Crippen molar-refractivity contribution < 1.29 is 9.59 Å². The molecule has 1 aromatic rings. The number of amides is 2. The fourth-order valence-corrected chi connectivity index (χ4v) is 3.23. The Morgan fingerprint density at radius 2 is 2.29 bits per heavy atom. The van der Waals surface area contributed by atoms with E-state index in [1.807, 2.05) is 12.1 Å². The molecule has 1 aromatic heterocycles. The van der Waals surface area contributed by atoms with E-state index in [9.17, 15) is 9.59 Å². The molecule has 5 heteroatoms. The second-order valence-electron chi connectivity index (χ2n) is 5.88. The van der Waals surface area contributed by atoms with Gasteiger partial charge in [-0.15, -0.1) is 0 Å². The molecule has 2 aliphatic rings. The Labute approximate surface area is 124 Å². The molecule has 1 fully saturated rings. The van der Waals surface area contributed by atoms with Crippen LogP contribution in [0.3, 0.4) is 0 Å². The maximum absolute atomic E-state index is 12.5. The first-order valence-electron chi connectivity index (χ1n) is 7.21. The largest absolute Gasteiger partial charge is 0.333 e. The zero-order valence-electron chi connectivity index (χ0n) is 12.2. The molecule has 0 saturated heterocycles. The van der Waals surface area contributed by atoms with Gasteiger partial charge < -0.3 is 9.80 Å². The van der Waals surface area contributed by atoms with Crippen molar-refractivity contribution in [3.05, 3.63) is 36.7 Å². The van der Waals surface area contributed by atoms with Gasteiger partial charge in [-0.05, 0) is 31.1 Å². The lowest BCUT2D eigenvalue weighted by molar-refractivity contribution is -0.130. The molecule has 0 bridgehead atoms. The van der Waals surface area contributed by atoms with Crippen LogP contribution < -0.4 is 4.90 Å². The number of carbonyl (C=O) groups excluding carboxylic acids is 2. The number of fused-ring (bicyclic) bond motifs is 2. The van der Waals surface area contributed by atoms with Crippen LogP contribution in [0.4, 0.5) is 5.69 Å². The van der Waals surface area contributed by atoms with Crippen LogP contribution >= 0.6 is 0 Å². The minimum absolute atomic E-state index is 0.0489. The maximum atomic E-state index is 12.5. The van der Waals surface area contributed by atoms with Crippen molar-refractivity contribution in [1.82, 2.24) is 9.88 Å². The van der Waals surface area contributed by atoms with Crippen LogP contribution in [0.25, 0.3) is 0 Å². The highest BCUT2D eigenvalue weighted by Crippen LogP contribution is 2.51. The molecule has 0 N–H and O–H groups in total. The second kappa shape index (κ2) is 4.98. The van der Waals surface area contributed by atoms with Gasteiger partial charge in [0.25, 0.3) is 0 Å². The predicted molar refractivity (Wildman–Crippen MR) is 80.0 cm³/mol. The van der Waals surface area contributed by atoms with E-state index < -0.39 is 0 Å². The van der Waals surface area contributed by atoms with Gasteiger partial charge in [0.2, 0.25) is 11.8 Å². The van der Waals surface area contributed by atoms with Crippen molar-refractivity contribution in [3.8, 4) is 0 Å². The van der Waals surface area contributed by atoms with Crippen molar-refractivity contribution in [1.29, 1.82) is 0 Å². The second-order valence-corrected chi connectivity index (χ2v) is 5.88. The van der Waals surface area contributed by atoms with Crippen molar-refractivity contribution in [3.63, 3.8) is 0 Å². The summed E-state index contributed by atoms with van der Waals surface area (Å²) >= 11 is 0. The normalized spacial score (nSPS) is 18.0. The first-order valence-corrected chi connectivity index (χ1v) is 7.21. The molecule has 0 unspecified atom stereocenters. The number of aromatic nitrogens is 1. The van der Waals surface area contributed by atoms with Crippen LogP contribution in [0.2, 0.25) is 0 Å². The van der Waals surface area contributed by atoms with Crippen LogP contribution in [-0.4, -0.2) is 41.8 Å². The van der Waals surface area contributed by atoms with Gasteiger partial charge >= 0.3 is 0 Å². The van der Waals surface area contributed by atoms with Crippen molar-refractivity contribution in [2.24, 2.45) is 0 Å². The number of nitrogens with zero attached hydrogens (tertiary/aromatic N) is 3. The Kier molecular flexibility index (Phi) is 3.27. The van der Waals surface area contributed by atoms with Gasteiger partial charge in [0.05, 0.1) is 11.4 Å². The third-order valence-corrected chi connectivity index (χ3v) is 4.58. The third kappa shape index (κ3) is 2.13. The SMILES string of the molecule is C=CC(=O)N(C)CC(=O)N1CC2(CCC2)c2ncccc21. The summed E-state index contributed by atoms with van der Waals surface area (Å²) in [5.41, 5.74) is 2.00. The molecule has 1 spiro atoms. The van der Waals surface area contributed by atoms with Gasteiger partial charge in [-0.25, -0.2) is 0 Å². The molecule has 0 atom stereocenters. The Balaban J connectivity index is 1.82. The lowest BCUT2D eigenvalue weighted by Gasteiger charge is -2.38. The Morgan fingerprint density at radius 1 is 1.52 bits per heavy atom. The molecule has 5 nitrogen and oxygen atoms in total. The zero-order valence-corrected chi connectivity index (χ0v) is 12.2. The molecule has 0 radical (unpaired) electrons. The van der Waals surface area contributed by atoms with Crippen LogP contribution in [-0.2, 0) is 15.0 Å². The molecule has 2 heterocycles. The van der Waals surface area contributed by atoms with E-state index >= 15 is 0 Å². The van der Waals surface area contributed by atoms with Crippen molar-refractivity contribution in [2.75, 3.05) is 25.0 Å². The number of hydrogen-bond acceptors (Lipinski definition) is 3. The first-order chi connectivity index (χ1) is 10.1. The van der Waals surface area contributed by atoms with Crippen molar-refractivity contribution in [2.45, 2.75) is 24.7 Å². The molecule has 3 rings (SSSR count). The van der Waals surface area contributed by atoms with E-state index in [2.05, 4.69) is 11.6 Å². The Bertz CT molecular complexity index is 607. The number of hydrogen-bond donors (Lipinski definition) is 0. The van der Waals surface area contributed by atoms with Crippen molar-refractivity contribution >= 4 is 17.5 Å². The minimum atomic E-state index is -0.243. The van der Waals surface area contributed by atoms with E-state index in [4.69, 9.17) is 0 Å². The highest BCUT2D eigenvalue weighted by molar-refractivity contribution is 5.99. The summed E-state index contributed by atoms with van der Waals surface area (Å²) in [5, 5.41) is 0.